The lowest BCUT2D eigenvalue weighted by molar-refractivity contribution is 0.265. The first-order chi connectivity index (χ1) is 5.58. The van der Waals surface area contributed by atoms with Crippen molar-refractivity contribution in [2.45, 2.75) is 33.2 Å². The molecule has 0 bridgehead atoms. The summed E-state index contributed by atoms with van der Waals surface area (Å²) in [6.07, 6.45) is 4.24. The van der Waals surface area contributed by atoms with Gasteiger partial charge in [-0.3, -0.25) is 0 Å². The minimum Gasteiger partial charge on any atom is -0.323 e. The molecule has 0 saturated heterocycles. The van der Waals surface area contributed by atoms with Crippen molar-refractivity contribution in [3.05, 3.63) is 16.6 Å². The molecule has 12 heavy (non-hydrogen) atoms. The number of imidazole rings is 1. The zero-order valence-electron chi connectivity index (χ0n) is 7.47. The molecule has 1 aromatic rings. The first kappa shape index (κ1) is 8.30. The van der Waals surface area contributed by atoms with Crippen molar-refractivity contribution >= 4 is 15.9 Å². The van der Waals surface area contributed by atoms with E-state index in [4.69, 9.17) is 0 Å². The summed E-state index contributed by atoms with van der Waals surface area (Å²) in [6.45, 7) is 5.71. The van der Waals surface area contributed by atoms with Crippen LogP contribution in [-0.4, -0.2) is 9.55 Å². The molecule has 0 atom stereocenters. The largest absolute Gasteiger partial charge is 0.323 e. The van der Waals surface area contributed by atoms with E-state index in [0.717, 1.165) is 17.6 Å². The summed E-state index contributed by atoms with van der Waals surface area (Å²) in [6, 6.07) is 0. The highest BCUT2D eigenvalue weighted by molar-refractivity contribution is 9.10. The standard InChI is InChI=1S/C9H13BrN2/c1-9(2)3-4-12-7(10)6-11-8(12)5-9/h6H,3-5H2,1-2H3. The van der Waals surface area contributed by atoms with Crippen molar-refractivity contribution in [1.82, 2.24) is 9.55 Å². The number of aromatic nitrogens is 2. The minimum absolute atomic E-state index is 0.431. The second-order valence-electron chi connectivity index (χ2n) is 4.24. The Kier molecular flexibility index (Phi) is 1.79. The van der Waals surface area contributed by atoms with Crippen LogP contribution in [-0.2, 0) is 13.0 Å². The molecule has 3 heteroatoms. The Hall–Kier alpha value is -0.310. The van der Waals surface area contributed by atoms with Gasteiger partial charge in [0.2, 0.25) is 0 Å². The number of nitrogens with zero attached hydrogens (tertiary/aromatic N) is 2. The van der Waals surface area contributed by atoms with Gasteiger partial charge < -0.3 is 4.57 Å². The molecular weight excluding hydrogens is 216 g/mol. The Labute approximate surface area is 81.1 Å². The molecule has 0 aliphatic carbocycles. The quantitative estimate of drug-likeness (QED) is 0.668. The maximum Gasteiger partial charge on any atom is 0.110 e. The van der Waals surface area contributed by atoms with Crippen LogP contribution in [0.2, 0.25) is 0 Å². The number of rotatable bonds is 0. The van der Waals surface area contributed by atoms with Gasteiger partial charge in [-0.2, -0.15) is 0 Å². The topological polar surface area (TPSA) is 17.8 Å². The fraction of sp³-hybridized carbons (Fsp3) is 0.667. The molecule has 0 spiro atoms. The average molecular weight is 229 g/mol. The van der Waals surface area contributed by atoms with Crippen LogP contribution in [0.1, 0.15) is 26.1 Å². The maximum absolute atomic E-state index is 4.37. The highest BCUT2D eigenvalue weighted by Crippen LogP contribution is 2.32. The van der Waals surface area contributed by atoms with Crippen LogP contribution in [0.25, 0.3) is 0 Å². The Bertz CT molecular complexity index is 301. The third-order valence-corrected chi connectivity index (χ3v) is 3.17. The molecule has 2 rings (SSSR count). The molecule has 1 aliphatic heterocycles. The van der Waals surface area contributed by atoms with Gasteiger partial charge in [-0.15, -0.1) is 0 Å². The third kappa shape index (κ3) is 1.30. The van der Waals surface area contributed by atoms with E-state index in [2.05, 4.69) is 39.3 Å². The van der Waals surface area contributed by atoms with Crippen LogP contribution in [0.4, 0.5) is 0 Å². The van der Waals surface area contributed by atoms with Gasteiger partial charge in [-0.25, -0.2) is 4.98 Å². The lowest BCUT2D eigenvalue weighted by Gasteiger charge is -2.30. The van der Waals surface area contributed by atoms with Gasteiger partial charge in [0.25, 0.3) is 0 Å². The van der Waals surface area contributed by atoms with Gasteiger partial charge in [-0.05, 0) is 27.8 Å². The third-order valence-electron chi connectivity index (χ3n) is 2.54. The molecule has 0 aromatic carbocycles. The normalized spacial score (nSPS) is 20.6. The van der Waals surface area contributed by atoms with Crippen LogP contribution in [0, 0.1) is 5.41 Å². The van der Waals surface area contributed by atoms with E-state index < -0.39 is 0 Å². The molecule has 0 amide bonds. The summed E-state index contributed by atoms with van der Waals surface area (Å²) < 4.78 is 3.37. The summed E-state index contributed by atoms with van der Waals surface area (Å²) in [5.41, 5.74) is 0.431. The molecule has 1 aliphatic rings. The smallest absolute Gasteiger partial charge is 0.110 e. The molecule has 0 N–H and O–H groups in total. The number of hydrogen-bond donors (Lipinski definition) is 0. The Morgan fingerprint density at radius 2 is 2.33 bits per heavy atom. The van der Waals surface area contributed by atoms with Crippen LogP contribution in [0.5, 0.6) is 0 Å². The van der Waals surface area contributed by atoms with Crippen LogP contribution >= 0.6 is 15.9 Å². The molecule has 0 saturated carbocycles. The summed E-state index contributed by atoms with van der Waals surface area (Å²) in [5, 5.41) is 0. The Morgan fingerprint density at radius 1 is 1.58 bits per heavy atom. The van der Waals surface area contributed by atoms with Crippen molar-refractivity contribution in [3.63, 3.8) is 0 Å². The summed E-state index contributed by atoms with van der Waals surface area (Å²) >= 11 is 3.49. The van der Waals surface area contributed by atoms with Gasteiger partial charge in [-0.1, -0.05) is 13.8 Å². The van der Waals surface area contributed by atoms with Gasteiger partial charge in [0.1, 0.15) is 10.4 Å². The number of fused-ring (bicyclic) bond motifs is 1. The van der Waals surface area contributed by atoms with Crippen LogP contribution in [0.15, 0.2) is 10.8 Å². The van der Waals surface area contributed by atoms with Crippen molar-refractivity contribution in [1.29, 1.82) is 0 Å². The zero-order chi connectivity index (χ0) is 8.77. The highest BCUT2D eigenvalue weighted by Gasteiger charge is 2.26. The molecule has 2 heterocycles. The fourth-order valence-corrected chi connectivity index (χ4v) is 2.18. The second-order valence-corrected chi connectivity index (χ2v) is 5.05. The van der Waals surface area contributed by atoms with Crippen LogP contribution < -0.4 is 0 Å². The predicted octanol–water partition coefficient (Wildman–Crippen LogP) is 2.62. The Morgan fingerprint density at radius 3 is 3.08 bits per heavy atom. The van der Waals surface area contributed by atoms with E-state index >= 15 is 0 Å². The fourth-order valence-electron chi connectivity index (χ4n) is 1.70. The second kappa shape index (κ2) is 2.59. The molecule has 2 nitrogen and oxygen atoms in total. The van der Waals surface area contributed by atoms with Gasteiger partial charge in [0.05, 0.1) is 6.20 Å². The average Bonchev–Trinajstić information content (AvgIpc) is 2.30. The van der Waals surface area contributed by atoms with E-state index in [9.17, 15) is 0 Å². The van der Waals surface area contributed by atoms with Crippen LogP contribution in [0.3, 0.4) is 0 Å². The lowest BCUT2D eigenvalue weighted by atomic mass is 9.83. The maximum atomic E-state index is 4.37. The lowest BCUT2D eigenvalue weighted by Crippen LogP contribution is -2.26. The SMILES string of the molecule is CC1(C)CCn2c(Br)cnc2C1. The van der Waals surface area contributed by atoms with Crippen molar-refractivity contribution in [3.8, 4) is 0 Å². The predicted molar refractivity (Wildman–Crippen MR) is 52.0 cm³/mol. The first-order valence-corrected chi connectivity index (χ1v) is 5.08. The van der Waals surface area contributed by atoms with Gasteiger partial charge in [0, 0.05) is 13.0 Å². The van der Waals surface area contributed by atoms with E-state index in [0.29, 0.717) is 5.41 Å². The van der Waals surface area contributed by atoms with Gasteiger partial charge >= 0.3 is 0 Å². The summed E-state index contributed by atoms with van der Waals surface area (Å²) in [4.78, 5) is 4.37. The van der Waals surface area contributed by atoms with Crippen molar-refractivity contribution < 1.29 is 0 Å². The summed E-state index contributed by atoms with van der Waals surface area (Å²) in [5.74, 6) is 1.22. The number of halogens is 1. The molecule has 0 fully saturated rings. The Balaban J connectivity index is 2.37. The first-order valence-electron chi connectivity index (χ1n) is 4.28. The summed E-state index contributed by atoms with van der Waals surface area (Å²) in [7, 11) is 0. The molecular formula is C9H13BrN2. The van der Waals surface area contributed by atoms with E-state index in [1.807, 2.05) is 6.20 Å². The monoisotopic (exact) mass is 228 g/mol. The van der Waals surface area contributed by atoms with E-state index in [-0.39, 0.29) is 0 Å². The van der Waals surface area contributed by atoms with Crippen molar-refractivity contribution in [2.75, 3.05) is 0 Å². The zero-order valence-corrected chi connectivity index (χ0v) is 9.06. The molecule has 0 radical (unpaired) electrons. The van der Waals surface area contributed by atoms with Crippen molar-refractivity contribution in [2.24, 2.45) is 5.41 Å². The van der Waals surface area contributed by atoms with E-state index in [1.54, 1.807) is 0 Å². The molecule has 66 valence electrons. The van der Waals surface area contributed by atoms with Gasteiger partial charge in [0.15, 0.2) is 0 Å². The highest BCUT2D eigenvalue weighted by atomic mass is 79.9. The minimum atomic E-state index is 0.431. The number of hydrogen-bond acceptors (Lipinski definition) is 1. The molecule has 1 aromatic heterocycles. The van der Waals surface area contributed by atoms with E-state index in [1.165, 1.54) is 12.2 Å². The molecule has 0 unspecified atom stereocenters.